The zero-order valence-electron chi connectivity index (χ0n) is 14.8. The number of carbonyl (C=O) groups excluding carboxylic acids is 1. The summed E-state index contributed by atoms with van der Waals surface area (Å²) in [5.41, 5.74) is 8.75. The first kappa shape index (κ1) is 18.7. The molecule has 0 unspecified atom stereocenters. The predicted octanol–water partition coefficient (Wildman–Crippen LogP) is 3.72. The Morgan fingerprint density at radius 2 is 1.92 bits per heavy atom. The van der Waals surface area contributed by atoms with Crippen molar-refractivity contribution < 1.29 is 9.53 Å². The molecule has 1 heterocycles. The van der Waals surface area contributed by atoms with Gasteiger partial charge in [0, 0.05) is 42.3 Å². The van der Waals surface area contributed by atoms with Gasteiger partial charge in [-0.3, -0.25) is 4.79 Å². The Bertz CT molecular complexity index is 757. The van der Waals surface area contributed by atoms with Crippen LogP contribution in [0.15, 0.2) is 48.5 Å². The molecule has 1 amide bonds. The van der Waals surface area contributed by atoms with E-state index in [1.54, 1.807) is 0 Å². The van der Waals surface area contributed by atoms with Gasteiger partial charge >= 0.3 is 0 Å². The lowest BCUT2D eigenvalue weighted by Gasteiger charge is -2.38. The number of anilines is 1. The number of nitrogen functional groups attached to an aromatic ring is 1. The smallest absolute Gasteiger partial charge is 0.220 e. The first-order valence-corrected chi connectivity index (χ1v) is 9.41. The van der Waals surface area contributed by atoms with Crippen LogP contribution in [0.4, 0.5) is 5.69 Å². The van der Waals surface area contributed by atoms with E-state index in [4.69, 9.17) is 22.1 Å². The van der Waals surface area contributed by atoms with Gasteiger partial charge in [0.05, 0.1) is 0 Å². The van der Waals surface area contributed by atoms with Gasteiger partial charge in [-0.05, 0) is 48.6 Å². The number of hydrogen-bond donors (Lipinski definition) is 2. The molecule has 1 fully saturated rings. The van der Waals surface area contributed by atoms with E-state index in [1.807, 2.05) is 42.5 Å². The molecule has 138 valence electrons. The van der Waals surface area contributed by atoms with E-state index in [0.717, 1.165) is 29.1 Å². The Kier molecular flexibility index (Phi) is 6.17. The summed E-state index contributed by atoms with van der Waals surface area (Å²) in [5, 5.41) is 3.84. The monoisotopic (exact) mass is 372 g/mol. The van der Waals surface area contributed by atoms with Crippen LogP contribution in [0, 0.1) is 0 Å². The van der Waals surface area contributed by atoms with E-state index < -0.39 is 0 Å². The summed E-state index contributed by atoms with van der Waals surface area (Å²) in [6, 6.07) is 15.6. The van der Waals surface area contributed by atoms with Crippen LogP contribution >= 0.6 is 11.6 Å². The molecule has 0 atom stereocenters. The number of amides is 1. The lowest BCUT2D eigenvalue weighted by Crippen LogP contribution is -2.44. The Morgan fingerprint density at radius 1 is 1.15 bits per heavy atom. The fourth-order valence-electron chi connectivity index (χ4n) is 3.51. The van der Waals surface area contributed by atoms with Crippen molar-refractivity contribution in [1.29, 1.82) is 0 Å². The highest BCUT2D eigenvalue weighted by atomic mass is 35.5. The quantitative estimate of drug-likeness (QED) is 0.759. The van der Waals surface area contributed by atoms with E-state index in [-0.39, 0.29) is 11.3 Å². The van der Waals surface area contributed by atoms with Crippen LogP contribution in [0.5, 0.6) is 0 Å². The Labute approximate surface area is 159 Å². The number of rotatable bonds is 6. The standard InChI is InChI=1S/C21H25ClN2O2/c22-18-6-3-5-17(14-18)21(10-12-26-13-11-21)15-24-20(25)9-8-16-4-1-2-7-19(16)23/h1-7,14H,8-13,15,23H2,(H,24,25). The minimum absolute atomic E-state index is 0.0427. The van der Waals surface area contributed by atoms with Crippen LogP contribution < -0.4 is 11.1 Å². The van der Waals surface area contributed by atoms with Gasteiger partial charge in [-0.1, -0.05) is 41.9 Å². The number of aryl methyl sites for hydroxylation is 1. The SMILES string of the molecule is Nc1ccccc1CCC(=O)NCC1(c2cccc(Cl)c2)CCOCC1. The maximum atomic E-state index is 12.4. The molecule has 1 saturated heterocycles. The van der Waals surface area contributed by atoms with E-state index in [0.29, 0.717) is 32.6 Å². The summed E-state index contributed by atoms with van der Waals surface area (Å²) >= 11 is 6.19. The van der Waals surface area contributed by atoms with Crippen LogP contribution in [0.2, 0.25) is 5.02 Å². The largest absolute Gasteiger partial charge is 0.399 e. The lowest BCUT2D eigenvalue weighted by molar-refractivity contribution is -0.121. The Hall–Kier alpha value is -2.04. The molecule has 3 N–H and O–H groups in total. The average Bonchev–Trinajstić information content (AvgIpc) is 2.66. The van der Waals surface area contributed by atoms with Gasteiger partial charge in [0.2, 0.25) is 5.91 Å². The van der Waals surface area contributed by atoms with Gasteiger partial charge in [-0.25, -0.2) is 0 Å². The third-order valence-corrected chi connectivity index (χ3v) is 5.42. The first-order chi connectivity index (χ1) is 12.6. The second kappa shape index (κ2) is 8.56. The van der Waals surface area contributed by atoms with Gasteiger partial charge < -0.3 is 15.8 Å². The van der Waals surface area contributed by atoms with Gasteiger partial charge in [-0.2, -0.15) is 0 Å². The van der Waals surface area contributed by atoms with Crippen molar-refractivity contribution in [3.05, 3.63) is 64.7 Å². The molecule has 0 spiro atoms. The second-order valence-electron chi connectivity index (χ2n) is 6.88. The molecule has 1 aliphatic heterocycles. The maximum Gasteiger partial charge on any atom is 0.220 e. The Balaban J connectivity index is 1.63. The van der Waals surface area contributed by atoms with Crippen molar-refractivity contribution in [2.75, 3.05) is 25.5 Å². The summed E-state index contributed by atoms with van der Waals surface area (Å²) in [6.45, 7) is 1.99. The number of carbonyl (C=O) groups is 1. The van der Waals surface area contributed by atoms with E-state index in [9.17, 15) is 4.79 Å². The van der Waals surface area contributed by atoms with Crippen LogP contribution in [0.3, 0.4) is 0 Å². The number of nitrogens with two attached hydrogens (primary N) is 1. The molecule has 0 bridgehead atoms. The van der Waals surface area contributed by atoms with Crippen molar-refractivity contribution in [3.63, 3.8) is 0 Å². The number of halogens is 1. The highest BCUT2D eigenvalue weighted by molar-refractivity contribution is 6.30. The maximum absolute atomic E-state index is 12.4. The minimum atomic E-state index is -0.120. The topological polar surface area (TPSA) is 64.4 Å². The summed E-state index contributed by atoms with van der Waals surface area (Å²) in [4.78, 5) is 12.4. The molecule has 2 aromatic carbocycles. The highest BCUT2D eigenvalue weighted by Crippen LogP contribution is 2.35. The van der Waals surface area contributed by atoms with Gasteiger partial charge in [0.25, 0.3) is 0 Å². The molecule has 4 nitrogen and oxygen atoms in total. The summed E-state index contributed by atoms with van der Waals surface area (Å²) in [7, 11) is 0. The van der Waals surface area contributed by atoms with Gasteiger partial charge in [-0.15, -0.1) is 0 Å². The molecule has 26 heavy (non-hydrogen) atoms. The third-order valence-electron chi connectivity index (χ3n) is 5.19. The van der Waals surface area contributed by atoms with Crippen LogP contribution in [0.1, 0.15) is 30.4 Å². The molecule has 0 saturated carbocycles. The normalized spacial score (nSPS) is 16.2. The number of para-hydroxylation sites is 1. The van der Waals surface area contributed by atoms with Crippen molar-refractivity contribution in [1.82, 2.24) is 5.32 Å². The highest BCUT2D eigenvalue weighted by Gasteiger charge is 2.34. The summed E-state index contributed by atoms with van der Waals surface area (Å²) < 4.78 is 5.54. The molecule has 0 aromatic heterocycles. The van der Waals surface area contributed by atoms with Crippen LogP contribution in [0.25, 0.3) is 0 Å². The molecule has 1 aliphatic rings. The molecule has 3 rings (SSSR count). The van der Waals surface area contributed by atoms with Crippen LogP contribution in [-0.4, -0.2) is 25.7 Å². The molecule has 5 heteroatoms. The Morgan fingerprint density at radius 3 is 2.65 bits per heavy atom. The van der Waals surface area contributed by atoms with Crippen LogP contribution in [-0.2, 0) is 21.4 Å². The molecular formula is C21H25ClN2O2. The minimum Gasteiger partial charge on any atom is -0.399 e. The molecular weight excluding hydrogens is 348 g/mol. The molecule has 2 aromatic rings. The second-order valence-corrected chi connectivity index (χ2v) is 7.32. The number of hydrogen-bond acceptors (Lipinski definition) is 3. The van der Waals surface area contributed by atoms with Gasteiger partial charge in [0.15, 0.2) is 0 Å². The number of ether oxygens (including phenoxy) is 1. The fraction of sp³-hybridized carbons (Fsp3) is 0.381. The first-order valence-electron chi connectivity index (χ1n) is 9.03. The lowest BCUT2D eigenvalue weighted by atomic mass is 9.74. The van der Waals surface area contributed by atoms with Crippen molar-refractivity contribution in [3.8, 4) is 0 Å². The zero-order valence-corrected chi connectivity index (χ0v) is 15.6. The average molecular weight is 373 g/mol. The number of benzene rings is 2. The van der Waals surface area contributed by atoms with E-state index in [2.05, 4.69) is 11.4 Å². The number of nitrogens with one attached hydrogen (secondary N) is 1. The third kappa shape index (κ3) is 4.57. The fourth-order valence-corrected chi connectivity index (χ4v) is 3.70. The van der Waals surface area contributed by atoms with Crippen molar-refractivity contribution in [2.45, 2.75) is 31.1 Å². The van der Waals surface area contributed by atoms with Gasteiger partial charge in [0.1, 0.15) is 0 Å². The van der Waals surface area contributed by atoms with E-state index >= 15 is 0 Å². The molecule has 0 radical (unpaired) electrons. The summed E-state index contributed by atoms with van der Waals surface area (Å²) in [5.74, 6) is 0.0427. The predicted molar refractivity (Wildman–Crippen MR) is 105 cm³/mol. The van der Waals surface area contributed by atoms with Crippen molar-refractivity contribution in [2.24, 2.45) is 0 Å². The molecule has 0 aliphatic carbocycles. The van der Waals surface area contributed by atoms with E-state index in [1.165, 1.54) is 5.56 Å². The zero-order chi connectivity index (χ0) is 18.4. The van der Waals surface area contributed by atoms with Crippen molar-refractivity contribution >= 4 is 23.2 Å². The summed E-state index contributed by atoms with van der Waals surface area (Å²) in [6.07, 6.45) is 2.82.